The van der Waals surface area contributed by atoms with Crippen molar-refractivity contribution in [2.24, 2.45) is 0 Å². The first-order valence-electron chi connectivity index (χ1n) is 11.2. The second kappa shape index (κ2) is 10.5. The van der Waals surface area contributed by atoms with E-state index in [9.17, 15) is 13.6 Å². The van der Waals surface area contributed by atoms with Crippen LogP contribution in [0, 0.1) is 25.5 Å². The third kappa shape index (κ3) is 5.57. The average Bonchev–Trinajstić information content (AvgIpc) is 2.84. The number of amides is 1. The van der Waals surface area contributed by atoms with E-state index in [1.165, 1.54) is 6.07 Å². The zero-order valence-corrected chi connectivity index (χ0v) is 20.0. The Labute approximate surface area is 203 Å². The predicted octanol–water partition coefficient (Wildman–Crippen LogP) is 5.77. The zero-order valence-electron chi connectivity index (χ0n) is 19.3. The number of rotatable bonds is 6. The van der Waals surface area contributed by atoms with E-state index in [2.05, 4.69) is 0 Å². The van der Waals surface area contributed by atoms with Crippen LogP contribution in [0.4, 0.5) is 8.78 Å². The molecule has 1 saturated heterocycles. The molecule has 7 heteroatoms. The Hall–Kier alpha value is -2.96. The summed E-state index contributed by atoms with van der Waals surface area (Å²) in [5.74, 6) is -0.909. The molecule has 1 aliphatic heterocycles. The SMILES string of the molecule is Cc1cc(OCc2ccc(C(=O)N3CCN(Cc4cccc(F)c4F)CC3)cc2)cc(C)c1Cl. The lowest BCUT2D eigenvalue weighted by molar-refractivity contribution is 0.0627. The number of halogens is 3. The van der Waals surface area contributed by atoms with Gasteiger partial charge >= 0.3 is 0 Å². The van der Waals surface area contributed by atoms with Crippen molar-refractivity contribution < 1.29 is 18.3 Å². The maximum absolute atomic E-state index is 13.9. The number of ether oxygens (including phenoxy) is 1. The lowest BCUT2D eigenvalue weighted by atomic mass is 10.1. The highest BCUT2D eigenvalue weighted by atomic mass is 35.5. The van der Waals surface area contributed by atoms with Gasteiger partial charge in [-0.2, -0.15) is 0 Å². The van der Waals surface area contributed by atoms with E-state index in [0.717, 1.165) is 33.5 Å². The number of carbonyl (C=O) groups excluding carboxylic acids is 1. The highest BCUT2D eigenvalue weighted by molar-refractivity contribution is 6.32. The lowest BCUT2D eigenvalue weighted by Crippen LogP contribution is -2.48. The number of benzene rings is 3. The topological polar surface area (TPSA) is 32.8 Å². The highest BCUT2D eigenvalue weighted by Crippen LogP contribution is 2.26. The van der Waals surface area contributed by atoms with Gasteiger partial charge < -0.3 is 9.64 Å². The lowest BCUT2D eigenvalue weighted by Gasteiger charge is -2.34. The van der Waals surface area contributed by atoms with Gasteiger partial charge in [0.05, 0.1) is 0 Å². The number of hydrogen-bond donors (Lipinski definition) is 0. The number of carbonyl (C=O) groups is 1. The monoisotopic (exact) mass is 484 g/mol. The Balaban J connectivity index is 1.29. The fourth-order valence-corrected chi connectivity index (χ4v) is 4.21. The smallest absolute Gasteiger partial charge is 0.253 e. The molecule has 0 N–H and O–H groups in total. The van der Waals surface area contributed by atoms with Gasteiger partial charge in [0.1, 0.15) is 12.4 Å². The molecule has 0 atom stereocenters. The van der Waals surface area contributed by atoms with Crippen LogP contribution < -0.4 is 4.74 Å². The average molecular weight is 485 g/mol. The minimum Gasteiger partial charge on any atom is -0.489 e. The van der Waals surface area contributed by atoms with Gasteiger partial charge in [0.15, 0.2) is 11.6 Å². The minimum absolute atomic E-state index is 0.0343. The Bertz CT molecular complexity index is 1150. The van der Waals surface area contributed by atoms with Crippen molar-refractivity contribution in [1.82, 2.24) is 9.80 Å². The van der Waals surface area contributed by atoms with Crippen molar-refractivity contribution in [3.63, 3.8) is 0 Å². The van der Waals surface area contributed by atoms with Crippen LogP contribution in [0.1, 0.15) is 32.6 Å². The molecule has 0 aromatic heterocycles. The van der Waals surface area contributed by atoms with Crippen molar-refractivity contribution in [2.75, 3.05) is 26.2 Å². The molecule has 0 spiro atoms. The molecule has 1 fully saturated rings. The van der Waals surface area contributed by atoms with E-state index in [1.54, 1.807) is 11.0 Å². The van der Waals surface area contributed by atoms with Crippen LogP contribution in [0.2, 0.25) is 5.02 Å². The van der Waals surface area contributed by atoms with Crippen molar-refractivity contribution in [2.45, 2.75) is 27.0 Å². The molecular formula is C27H27ClF2N2O2. The second-order valence-corrected chi connectivity index (χ2v) is 9.02. The molecule has 34 heavy (non-hydrogen) atoms. The van der Waals surface area contributed by atoms with Crippen LogP contribution in [-0.4, -0.2) is 41.9 Å². The number of piperazine rings is 1. The summed E-state index contributed by atoms with van der Waals surface area (Å²) >= 11 is 6.21. The van der Waals surface area contributed by atoms with E-state index in [4.69, 9.17) is 16.3 Å². The van der Waals surface area contributed by atoms with Crippen molar-refractivity contribution in [3.8, 4) is 5.75 Å². The summed E-state index contributed by atoms with van der Waals surface area (Å²) in [5, 5.41) is 0.747. The Kier molecular flexibility index (Phi) is 7.49. The summed E-state index contributed by atoms with van der Waals surface area (Å²) in [4.78, 5) is 16.7. The third-order valence-electron chi connectivity index (χ3n) is 6.10. The summed E-state index contributed by atoms with van der Waals surface area (Å²) in [6.07, 6.45) is 0. The van der Waals surface area contributed by atoms with Crippen LogP contribution in [0.25, 0.3) is 0 Å². The molecule has 4 nitrogen and oxygen atoms in total. The van der Waals surface area contributed by atoms with Gasteiger partial charge in [-0.3, -0.25) is 9.69 Å². The maximum Gasteiger partial charge on any atom is 0.253 e. The van der Waals surface area contributed by atoms with E-state index in [0.29, 0.717) is 50.5 Å². The molecule has 178 valence electrons. The standard InChI is InChI=1S/C27H27ClF2N2O2/c1-18-14-23(15-19(2)25(18)28)34-17-20-6-8-21(9-7-20)27(33)32-12-10-31(11-13-32)16-22-4-3-5-24(29)26(22)30/h3-9,14-15H,10-13,16-17H2,1-2H3. The van der Waals surface area contributed by atoms with Crippen molar-refractivity contribution in [3.05, 3.63) is 99.1 Å². The normalized spacial score (nSPS) is 14.3. The summed E-state index contributed by atoms with van der Waals surface area (Å²) in [7, 11) is 0. The van der Waals surface area contributed by atoms with Crippen LogP contribution in [0.3, 0.4) is 0 Å². The molecule has 0 unspecified atom stereocenters. The number of nitrogens with zero attached hydrogens (tertiary/aromatic N) is 2. The van der Waals surface area contributed by atoms with Gasteiger partial charge in [0.2, 0.25) is 0 Å². The van der Waals surface area contributed by atoms with Crippen LogP contribution >= 0.6 is 11.6 Å². The Morgan fingerprint density at radius 3 is 2.26 bits per heavy atom. The molecule has 0 radical (unpaired) electrons. The molecular weight excluding hydrogens is 458 g/mol. The van der Waals surface area contributed by atoms with Gasteiger partial charge in [-0.05, 0) is 60.9 Å². The minimum atomic E-state index is -0.835. The number of aryl methyl sites for hydroxylation is 2. The summed E-state index contributed by atoms with van der Waals surface area (Å²) in [6.45, 7) is 6.90. The predicted molar refractivity (Wildman–Crippen MR) is 129 cm³/mol. The Morgan fingerprint density at radius 1 is 0.971 bits per heavy atom. The number of hydrogen-bond acceptors (Lipinski definition) is 3. The largest absolute Gasteiger partial charge is 0.489 e. The quantitative estimate of drug-likeness (QED) is 0.445. The van der Waals surface area contributed by atoms with Gasteiger partial charge in [0, 0.05) is 48.9 Å². The fraction of sp³-hybridized carbons (Fsp3) is 0.296. The van der Waals surface area contributed by atoms with Gasteiger partial charge in [0.25, 0.3) is 5.91 Å². The summed E-state index contributed by atoms with van der Waals surface area (Å²) in [5.41, 5.74) is 3.86. The molecule has 1 amide bonds. The van der Waals surface area contributed by atoms with Crippen LogP contribution in [-0.2, 0) is 13.2 Å². The van der Waals surface area contributed by atoms with Gasteiger partial charge in [-0.1, -0.05) is 35.9 Å². The van der Waals surface area contributed by atoms with Crippen molar-refractivity contribution >= 4 is 17.5 Å². The van der Waals surface area contributed by atoms with E-state index in [-0.39, 0.29) is 5.91 Å². The molecule has 4 rings (SSSR count). The fourth-order valence-electron chi connectivity index (χ4n) is 4.10. The van der Waals surface area contributed by atoms with E-state index >= 15 is 0 Å². The van der Waals surface area contributed by atoms with Crippen LogP contribution in [0.5, 0.6) is 5.75 Å². The van der Waals surface area contributed by atoms with Crippen LogP contribution in [0.15, 0.2) is 54.6 Å². The molecule has 0 aliphatic carbocycles. The molecule has 0 bridgehead atoms. The maximum atomic E-state index is 13.9. The van der Waals surface area contributed by atoms with E-state index in [1.807, 2.05) is 55.1 Å². The van der Waals surface area contributed by atoms with Gasteiger partial charge in [-0.25, -0.2) is 8.78 Å². The summed E-state index contributed by atoms with van der Waals surface area (Å²) < 4.78 is 33.3. The molecule has 0 saturated carbocycles. The Morgan fingerprint density at radius 2 is 1.62 bits per heavy atom. The molecule has 3 aromatic carbocycles. The summed E-state index contributed by atoms with van der Waals surface area (Å²) in [6, 6.07) is 15.5. The second-order valence-electron chi connectivity index (χ2n) is 8.64. The first-order valence-corrected chi connectivity index (χ1v) is 11.6. The molecule has 1 heterocycles. The first-order chi connectivity index (χ1) is 16.3. The van der Waals surface area contributed by atoms with E-state index < -0.39 is 11.6 Å². The molecule has 1 aliphatic rings. The molecule has 3 aromatic rings. The first kappa shape index (κ1) is 24.2. The van der Waals surface area contributed by atoms with Crippen molar-refractivity contribution in [1.29, 1.82) is 0 Å². The van der Waals surface area contributed by atoms with Gasteiger partial charge in [-0.15, -0.1) is 0 Å². The third-order valence-corrected chi connectivity index (χ3v) is 6.70. The zero-order chi connectivity index (χ0) is 24.2. The highest BCUT2D eigenvalue weighted by Gasteiger charge is 2.23.